The number of amides is 1. The highest BCUT2D eigenvalue weighted by molar-refractivity contribution is 5.79. The molecule has 4 rings (SSSR count). The van der Waals surface area contributed by atoms with Gasteiger partial charge in [-0.1, -0.05) is 36.8 Å². The Morgan fingerprint density at radius 1 is 1.23 bits per heavy atom. The van der Waals surface area contributed by atoms with E-state index < -0.39 is 0 Å². The Labute approximate surface area is 132 Å². The van der Waals surface area contributed by atoms with Gasteiger partial charge in [-0.15, -0.1) is 0 Å². The van der Waals surface area contributed by atoms with Crippen LogP contribution in [0.1, 0.15) is 44.1 Å². The first-order valence-corrected chi connectivity index (χ1v) is 8.71. The topological polar surface area (TPSA) is 38.3 Å². The molecule has 22 heavy (non-hydrogen) atoms. The molecule has 0 aromatic heterocycles. The zero-order valence-electron chi connectivity index (χ0n) is 13.1. The molecule has 1 aromatic carbocycles. The molecule has 118 valence electrons. The number of fused-ring (bicyclic) bond motifs is 2. The van der Waals surface area contributed by atoms with Gasteiger partial charge in [0.25, 0.3) is 0 Å². The molecule has 3 heteroatoms. The average Bonchev–Trinajstić information content (AvgIpc) is 3.13. The fourth-order valence-electron chi connectivity index (χ4n) is 4.44. The van der Waals surface area contributed by atoms with E-state index in [1.54, 1.807) is 0 Å². The van der Waals surface area contributed by atoms with Crippen LogP contribution in [0.25, 0.3) is 0 Å². The van der Waals surface area contributed by atoms with Crippen molar-refractivity contribution in [1.82, 2.24) is 5.32 Å². The molecule has 0 radical (unpaired) electrons. The third-order valence-electron chi connectivity index (χ3n) is 5.92. The van der Waals surface area contributed by atoms with Gasteiger partial charge in [-0.05, 0) is 49.5 Å². The van der Waals surface area contributed by atoms with Crippen LogP contribution in [-0.2, 0) is 16.0 Å². The molecule has 3 fully saturated rings. The normalized spacial score (nSPS) is 31.7. The predicted octanol–water partition coefficient (Wildman–Crippen LogP) is 3.08. The van der Waals surface area contributed by atoms with Gasteiger partial charge in [0.2, 0.25) is 5.91 Å². The molecule has 0 unspecified atom stereocenters. The number of nitrogens with one attached hydrogen (secondary N) is 1. The largest absolute Gasteiger partial charge is 0.374 e. The highest BCUT2D eigenvalue weighted by Crippen LogP contribution is 2.44. The van der Waals surface area contributed by atoms with Crippen LogP contribution in [0, 0.1) is 11.3 Å². The SMILES string of the molecule is O=C(NCC1(Cc2ccccc2)CCC1)[C@H]1C[C@H]2CC[C@H]1O2. The molecule has 3 aliphatic rings. The second-order valence-corrected chi connectivity index (χ2v) is 7.45. The third-order valence-corrected chi connectivity index (χ3v) is 5.92. The van der Waals surface area contributed by atoms with Gasteiger partial charge in [-0.2, -0.15) is 0 Å². The van der Waals surface area contributed by atoms with Crippen LogP contribution in [0.5, 0.6) is 0 Å². The van der Waals surface area contributed by atoms with E-state index >= 15 is 0 Å². The first kappa shape index (κ1) is 14.3. The van der Waals surface area contributed by atoms with Crippen molar-refractivity contribution in [2.75, 3.05) is 6.54 Å². The van der Waals surface area contributed by atoms with Crippen molar-refractivity contribution in [1.29, 1.82) is 0 Å². The van der Waals surface area contributed by atoms with Crippen LogP contribution in [-0.4, -0.2) is 24.7 Å². The van der Waals surface area contributed by atoms with E-state index in [0.717, 1.165) is 32.2 Å². The molecule has 0 spiro atoms. The van der Waals surface area contributed by atoms with Gasteiger partial charge in [0.1, 0.15) is 0 Å². The van der Waals surface area contributed by atoms with Crippen LogP contribution in [0.3, 0.4) is 0 Å². The average molecular weight is 299 g/mol. The summed E-state index contributed by atoms with van der Waals surface area (Å²) in [5, 5.41) is 3.25. The van der Waals surface area contributed by atoms with Crippen LogP contribution < -0.4 is 5.32 Å². The second-order valence-electron chi connectivity index (χ2n) is 7.45. The molecule has 1 amide bonds. The maximum absolute atomic E-state index is 12.5. The number of hydrogen-bond acceptors (Lipinski definition) is 2. The Balaban J connectivity index is 1.34. The van der Waals surface area contributed by atoms with E-state index in [1.807, 2.05) is 0 Å². The van der Waals surface area contributed by atoms with Gasteiger partial charge in [0.05, 0.1) is 18.1 Å². The van der Waals surface area contributed by atoms with Crippen molar-refractivity contribution in [3.05, 3.63) is 35.9 Å². The summed E-state index contributed by atoms with van der Waals surface area (Å²) in [6.45, 7) is 0.828. The Bertz CT molecular complexity index is 538. The number of rotatable bonds is 5. The number of carbonyl (C=O) groups excluding carboxylic acids is 1. The van der Waals surface area contributed by atoms with Crippen molar-refractivity contribution < 1.29 is 9.53 Å². The lowest BCUT2D eigenvalue weighted by Crippen LogP contribution is -2.46. The van der Waals surface area contributed by atoms with Gasteiger partial charge in [0.15, 0.2) is 0 Å². The molecule has 3 nitrogen and oxygen atoms in total. The van der Waals surface area contributed by atoms with E-state index in [4.69, 9.17) is 4.74 Å². The molecule has 2 aliphatic heterocycles. The van der Waals surface area contributed by atoms with Gasteiger partial charge >= 0.3 is 0 Å². The van der Waals surface area contributed by atoms with E-state index in [2.05, 4.69) is 35.6 Å². The summed E-state index contributed by atoms with van der Waals surface area (Å²) in [5.74, 6) is 0.333. The fraction of sp³-hybridized carbons (Fsp3) is 0.632. The minimum absolute atomic E-state index is 0.104. The summed E-state index contributed by atoms with van der Waals surface area (Å²) in [4.78, 5) is 12.5. The number of hydrogen-bond donors (Lipinski definition) is 1. The first-order valence-electron chi connectivity index (χ1n) is 8.71. The quantitative estimate of drug-likeness (QED) is 0.907. The summed E-state index contributed by atoms with van der Waals surface area (Å²) in [6.07, 6.45) is 8.53. The van der Waals surface area contributed by atoms with Crippen LogP contribution in [0.15, 0.2) is 30.3 Å². The molecule has 2 heterocycles. The minimum atomic E-state index is 0.104. The smallest absolute Gasteiger partial charge is 0.225 e. The summed E-state index contributed by atoms with van der Waals surface area (Å²) >= 11 is 0. The molecule has 1 aromatic rings. The Kier molecular flexibility index (Phi) is 3.69. The minimum Gasteiger partial charge on any atom is -0.374 e. The van der Waals surface area contributed by atoms with Crippen molar-refractivity contribution in [3.63, 3.8) is 0 Å². The van der Waals surface area contributed by atoms with Gasteiger partial charge in [0, 0.05) is 6.54 Å². The molecule has 2 bridgehead atoms. The molecule has 1 aliphatic carbocycles. The first-order chi connectivity index (χ1) is 10.7. The molecule has 2 saturated heterocycles. The summed E-state index contributed by atoms with van der Waals surface area (Å²) < 4.78 is 5.81. The van der Waals surface area contributed by atoms with Crippen LogP contribution in [0.2, 0.25) is 0 Å². The van der Waals surface area contributed by atoms with E-state index in [-0.39, 0.29) is 23.3 Å². The Hall–Kier alpha value is -1.35. The molecular weight excluding hydrogens is 274 g/mol. The van der Waals surface area contributed by atoms with Crippen molar-refractivity contribution in [2.24, 2.45) is 11.3 Å². The van der Waals surface area contributed by atoms with E-state index in [1.165, 1.54) is 24.8 Å². The molecular formula is C19H25NO2. The zero-order valence-corrected chi connectivity index (χ0v) is 13.1. The van der Waals surface area contributed by atoms with Gasteiger partial charge < -0.3 is 10.1 Å². The molecule has 1 saturated carbocycles. The second kappa shape index (κ2) is 5.69. The third kappa shape index (κ3) is 2.67. The highest BCUT2D eigenvalue weighted by atomic mass is 16.5. The maximum Gasteiger partial charge on any atom is 0.225 e. The number of carbonyl (C=O) groups is 1. The van der Waals surface area contributed by atoms with E-state index in [0.29, 0.717) is 6.10 Å². The van der Waals surface area contributed by atoms with Crippen molar-refractivity contribution in [2.45, 2.75) is 57.2 Å². The van der Waals surface area contributed by atoms with Gasteiger partial charge in [-0.25, -0.2) is 0 Å². The van der Waals surface area contributed by atoms with Gasteiger partial charge in [-0.3, -0.25) is 4.79 Å². The monoisotopic (exact) mass is 299 g/mol. The summed E-state index contributed by atoms with van der Waals surface area (Å²) in [5.41, 5.74) is 1.68. The standard InChI is InChI=1S/C19H25NO2/c21-18(16-11-15-7-8-17(16)22-15)20-13-19(9-4-10-19)12-14-5-2-1-3-6-14/h1-3,5-6,15-17H,4,7-13H2,(H,20,21)/t15-,16+,17-/m1/s1. The highest BCUT2D eigenvalue weighted by Gasteiger charge is 2.45. The van der Waals surface area contributed by atoms with Crippen LogP contribution >= 0.6 is 0 Å². The Morgan fingerprint density at radius 2 is 2.05 bits per heavy atom. The number of ether oxygens (including phenoxy) is 1. The lowest BCUT2D eigenvalue weighted by atomic mass is 9.65. The number of benzene rings is 1. The van der Waals surface area contributed by atoms with Crippen LogP contribution in [0.4, 0.5) is 0 Å². The van der Waals surface area contributed by atoms with Crippen molar-refractivity contribution >= 4 is 5.91 Å². The maximum atomic E-state index is 12.5. The zero-order chi connectivity index (χ0) is 15.0. The summed E-state index contributed by atoms with van der Waals surface area (Å²) in [7, 11) is 0. The van der Waals surface area contributed by atoms with Crippen molar-refractivity contribution in [3.8, 4) is 0 Å². The molecule has 1 N–H and O–H groups in total. The fourth-order valence-corrected chi connectivity index (χ4v) is 4.44. The Morgan fingerprint density at radius 3 is 2.64 bits per heavy atom. The summed E-state index contributed by atoms with van der Waals surface area (Å²) in [6, 6.07) is 10.7. The lowest BCUT2D eigenvalue weighted by molar-refractivity contribution is -0.127. The van der Waals surface area contributed by atoms with E-state index in [9.17, 15) is 4.79 Å². The predicted molar refractivity (Wildman–Crippen MR) is 85.4 cm³/mol. The lowest BCUT2D eigenvalue weighted by Gasteiger charge is -2.42. The molecule has 3 atom stereocenters.